The van der Waals surface area contributed by atoms with E-state index >= 15 is 0 Å². The zero-order valence-electron chi connectivity index (χ0n) is 16.3. The summed E-state index contributed by atoms with van der Waals surface area (Å²) in [5.74, 6) is -0.418. The Balaban J connectivity index is 2.71. The highest BCUT2D eigenvalue weighted by molar-refractivity contribution is 9.11. The number of hydrogen-bond acceptors (Lipinski definition) is 4. The first-order valence-corrected chi connectivity index (χ1v) is 9.53. The molecule has 0 saturated heterocycles. The molecule has 10 heteroatoms. The molecule has 0 aromatic heterocycles. The Kier molecular flexibility index (Phi) is 7.46. The van der Waals surface area contributed by atoms with Crippen LogP contribution in [-0.2, 0) is 0 Å². The number of nitrogens with one attached hydrogen (secondary N) is 1. The summed E-state index contributed by atoms with van der Waals surface area (Å²) in [4.78, 5) is 14.3. The van der Waals surface area contributed by atoms with Crippen LogP contribution in [0.4, 0.5) is 19.3 Å². The predicted octanol–water partition coefficient (Wildman–Crippen LogP) is 4.84. The summed E-state index contributed by atoms with van der Waals surface area (Å²) in [6.07, 6.45) is 1.46. The summed E-state index contributed by atoms with van der Waals surface area (Å²) in [5.41, 5.74) is 5.97. The number of nitrogens with two attached hydrogens (primary N) is 1. The molecule has 0 radical (unpaired) electrons. The molecule has 0 bridgehead atoms. The fraction of sp³-hybridized carbons (Fsp3) is 0.143. The van der Waals surface area contributed by atoms with Crippen molar-refractivity contribution in [2.24, 2.45) is 5.73 Å². The number of nitrogens with zero attached hydrogens (tertiary/aromatic N) is 4. The van der Waals surface area contributed by atoms with Crippen LogP contribution in [0.25, 0.3) is 0 Å². The van der Waals surface area contributed by atoms with Gasteiger partial charge in [0, 0.05) is 21.4 Å². The Morgan fingerprint density at radius 3 is 2.58 bits per heavy atom. The van der Waals surface area contributed by atoms with Crippen LogP contribution in [0.2, 0.25) is 0 Å². The van der Waals surface area contributed by atoms with Crippen molar-refractivity contribution in [3.63, 3.8) is 0 Å². The lowest BCUT2D eigenvalue weighted by atomic mass is 9.99. The number of carbonyl (C=O) groups excluding carboxylic acids is 1. The second kappa shape index (κ2) is 9.83. The minimum Gasteiger partial charge on any atom is -0.351 e. The maximum absolute atomic E-state index is 13.2. The van der Waals surface area contributed by atoms with Crippen molar-refractivity contribution in [1.29, 1.82) is 15.9 Å². The van der Waals surface area contributed by atoms with Gasteiger partial charge in [-0.2, -0.15) is 10.5 Å². The maximum atomic E-state index is 13.2. The third-order valence-electron chi connectivity index (χ3n) is 4.47. The van der Waals surface area contributed by atoms with Crippen LogP contribution >= 0.6 is 15.9 Å². The molecule has 1 aliphatic rings. The van der Waals surface area contributed by atoms with E-state index in [2.05, 4.69) is 22.5 Å². The first-order chi connectivity index (χ1) is 14.7. The van der Waals surface area contributed by atoms with E-state index in [1.807, 2.05) is 12.1 Å². The van der Waals surface area contributed by atoms with Crippen molar-refractivity contribution in [3.05, 3.63) is 76.0 Å². The second-order valence-electron chi connectivity index (χ2n) is 6.27. The van der Waals surface area contributed by atoms with Gasteiger partial charge in [-0.1, -0.05) is 40.7 Å². The Morgan fingerprint density at radius 1 is 1.39 bits per heavy atom. The van der Waals surface area contributed by atoms with Crippen LogP contribution < -0.4 is 10.6 Å². The molecule has 1 heterocycles. The van der Waals surface area contributed by atoms with E-state index in [0.717, 1.165) is 4.90 Å². The molecule has 0 saturated carbocycles. The summed E-state index contributed by atoms with van der Waals surface area (Å²) in [6, 6.07) is 7.10. The van der Waals surface area contributed by atoms with Gasteiger partial charge in [-0.3, -0.25) is 15.2 Å². The number of alkyl halides is 2. The summed E-state index contributed by atoms with van der Waals surface area (Å²) in [5, 5.41) is 27.4. The number of nitriles is 2. The molecule has 1 unspecified atom stereocenters. The molecule has 1 aliphatic heterocycles. The minimum atomic E-state index is -2.73. The van der Waals surface area contributed by atoms with Crippen LogP contribution in [0.1, 0.15) is 18.9 Å². The molecule has 0 fully saturated rings. The molecule has 1 atom stereocenters. The highest BCUT2D eigenvalue weighted by atomic mass is 79.9. The second-order valence-corrected chi connectivity index (χ2v) is 7.18. The molecule has 1 aromatic rings. The smallest absolute Gasteiger partial charge is 0.322 e. The standard InChI is InChI=1S/C21H17BrF2N6O/c1-3-13(10-25)7-8-17(22)18-16(11-26)12(2)29(20(27)30(18)21(28)31)15-6-4-5-14(9-15)19(23)24/h3-9,18-19,27H,1H2,2H3,(H2,28,31)/b13-7+,17-8-,27-20?. The first-order valence-electron chi connectivity index (χ1n) is 8.74. The Bertz CT molecular complexity index is 1110. The zero-order valence-corrected chi connectivity index (χ0v) is 17.9. The van der Waals surface area contributed by atoms with Crippen molar-refractivity contribution >= 4 is 33.6 Å². The average molecular weight is 487 g/mol. The monoisotopic (exact) mass is 486 g/mol. The highest BCUT2D eigenvalue weighted by Gasteiger charge is 2.41. The quantitative estimate of drug-likeness (QED) is 0.456. The molecule has 2 amide bonds. The Morgan fingerprint density at radius 2 is 2.06 bits per heavy atom. The van der Waals surface area contributed by atoms with Gasteiger partial charge in [0.1, 0.15) is 6.04 Å². The van der Waals surface area contributed by atoms with Crippen molar-refractivity contribution in [2.45, 2.75) is 19.4 Å². The van der Waals surface area contributed by atoms with E-state index in [1.165, 1.54) is 54.3 Å². The van der Waals surface area contributed by atoms with Crippen LogP contribution in [0.5, 0.6) is 0 Å². The molecule has 7 nitrogen and oxygen atoms in total. The van der Waals surface area contributed by atoms with Gasteiger partial charge in [-0.15, -0.1) is 0 Å². The van der Waals surface area contributed by atoms with Gasteiger partial charge in [0.2, 0.25) is 5.96 Å². The van der Waals surface area contributed by atoms with Crippen molar-refractivity contribution < 1.29 is 13.6 Å². The highest BCUT2D eigenvalue weighted by Crippen LogP contribution is 2.36. The molecular weight excluding hydrogens is 470 g/mol. The number of carbonyl (C=O) groups is 1. The first kappa shape index (κ1) is 23.5. The van der Waals surface area contributed by atoms with Gasteiger partial charge in [-0.05, 0) is 31.2 Å². The third kappa shape index (κ3) is 4.71. The topological polar surface area (TPSA) is 121 Å². The van der Waals surface area contributed by atoms with E-state index in [4.69, 9.17) is 16.4 Å². The van der Waals surface area contributed by atoms with Crippen LogP contribution in [0.3, 0.4) is 0 Å². The molecule has 2 rings (SSSR count). The lowest BCUT2D eigenvalue weighted by Crippen LogP contribution is -2.57. The van der Waals surface area contributed by atoms with Gasteiger partial charge in [-0.25, -0.2) is 13.6 Å². The minimum absolute atomic E-state index is 0.0610. The molecule has 3 N–H and O–H groups in total. The molecule has 0 aliphatic carbocycles. The third-order valence-corrected chi connectivity index (χ3v) is 5.17. The van der Waals surface area contributed by atoms with E-state index < -0.39 is 24.5 Å². The summed E-state index contributed by atoms with van der Waals surface area (Å²) in [6.45, 7) is 5.04. The normalized spacial score (nSPS) is 17.5. The van der Waals surface area contributed by atoms with Gasteiger partial charge in [0.25, 0.3) is 6.43 Å². The molecular formula is C21H17BrF2N6O. The lowest BCUT2D eigenvalue weighted by Gasteiger charge is -2.41. The Hall–Kier alpha value is -3.76. The fourth-order valence-electron chi connectivity index (χ4n) is 3.00. The van der Waals surface area contributed by atoms with E-state index in [1.54, 1.807) is 0 Å². The predicted molar refractivity (Wildman–Crippen MR) is 116 cm³/mol. The number of guanidine groups is 1. The summed E-state index contributed by atoms with van der Waals surface area (Å²) in [7, 11) is 0. The molecule has 31 heavy (non-hydrogen) atoms. The largest absolute Gasteiger partial charge is 0.351 e. The van der Waals surface area contributed by atoms with Gasteiger partial charge >= 0.3 is 6.03 Å². The van der Waals surface area contributed by atoms with Gasteiger partial charge < -0.3 is 5.73 Å². The summed E-state index contributed by atoms with van der Waals surface area (Å²) < 4.78 is 26.6. The van der Waals surface area contributed by atoms with Crippen LogP contribution in [0, 0.1) is 28.1 Å². The molecule has 158 valence electrons. The SMILES string of the molecule is C=C/C(C#N)=C\C=C(/Br)C1C(C#N)=C(C)N(c2cccc(C(F)F)c2)C(=N)N1C(N)=O. The number of anilines is 1. The average Bonchev–Trinajstić information content (AvgIpc) is 2.73. The molecule has 1 aromatic carbocycles. The van der Waals surface area contributed by atoms with E-state index in [-0.39, 0.29) is 32.6 Å². The Labute approximate surface area is 186 Å². The summed E-state index contributed by atoms with van der Waals surface area (Å²) >= 11 is 3.30. The maximum Gasteiger partial charge on any atom is 0.322 e. The lowest BCUT2D eigenvalue weighted by molar-refractivity contribution is 0.151. The number of amides is 2. The number of hydrogen-bond donors (Lipinski definition) is 2. The van der Waals surface area contributed by atoms with E-state index in [0.29, 0.717) is 0 Å². The molecule has 0 spiro atoms. The zero-order chi connectivity index (χ0) is 23.3. The number of urea groups is 1. The van der Waals surface area contributed by atoms with Crippen LogP contribution in [-0.4, -0.2) is 22.9 Å². The number of allylic oxidation sites excluding steroid dienone is 5. The fourth-order valence-corrected chi connectivity index (χ4v) is 3.56. The van der Waals surface area contributed by atoms with Crippen molar-refractivity contribution in [1.82, 2.24) is 4.90 Å². The van der Waals surface area contributed by atoms with Crippen molar-refractivity contribution in [2.75, 3.05) is 4.90 Å². The number of benzene rings is 1. The van der Waals surface area contributed by atoms with Crippen molar-refractivity contribution in [3.8, 4) is 12.1 Å². The van der Waals surface area contributed by atoms with Gasteiger partial charge in [0.05, 0.1) is 23.3 Å². The number of primary amides is 1. The number of rotatable bonds is 5. The van der Waals surface area contributed by atoms with Gasteiger partial charge in [0.15, 0.2) is 0 Å². The van der Waals surface area contributed by atoms with E-state index in [9.17, 15) is 18.8 Å². The van der Waals surface area contributed by atoms with Crippen LogP contribution in [0.15, 0.2) is 70.4 Å². The number of halogens is 3.